The monoisotopic (exact) mass is 447 g/mol. The number of hydrogen-bond donors (Lipinski definition) is 0. The number of aryl methyl sites for hydroxylation is 1. The number of nitrogens with zero attached hydrogens (tertiary/aromatic N) is 3. The maximum Gasteiger partial charge on any atom is 0.296 e. The molecule has 0 spiro atoms. The number of halogens is 1. The summed E-state index contributed by atoms with van der Waals surface area (Å²) in [6.45, 7) is 1.85. The number of anilines is 1. The quantitative estimate of drug-likeness (QED) is 0.329. The molecule has 3 heterocycles. The molecular formula is C23H14ClN3O5. The van der Waals surface area contributed by atoms with Gasteiger partial charge in [-0.15, -0.1) is 0 Å². The van der Waals surface area contributed by atoms with E-state index in [2.05, 4.69) is 4.98 Å². The summed E-state index contributed by atoms with van der Waals surface area (Å²) in [6, 6.07) is 13.1. The van der Waals surface area contributed by atoms with E-state index in [1.165, 1.54) is 29.3 Å². The molecule has 8 nitrogen and oxygen atoms in total. The predicted molar refractivity (Wildman–Crippen MR) is 118 cm³/mol. The van der Waals surface area contributed by atoms with E-state index < -0.39 is 16.9 Å². The Morgan fingerprint density at radius 2 is 1.94 bits per heavy atom. The summed E-state index contributed by atoms with van der Waals surface area (Å²) in [6.07, 6.45) is 1.38. The minimum atomic E-state index is -0.952. The third kappa shape index (κ3) is 3.04. The van der Waals surface area contributed by atoms with Crippen molar-refractivity contribution >= 4 is 40.0 Å². The SMILES string of the molecule is Cc1ccc2oc3c(c(=O)c2c1)C(c1cccc([N+](=O)[O-])c1)N(c1ccc(Cl)cn1)C3=O. The lowest BCUT2D eigenvalue weighted by Gasteiger charge is -2.24. The first kappa shape index (κ1) is 19.9. The standard InChI is InChI=1S/C23H14ClN3O5/c1-12-5-7-17-16(9-12)21(28)19-20(13-3-2-4-15(10-13)27(30)31)26(23(29)22(19)32-17)18-8-6-14(24)11-25-18/h2-11,20H,1H3. The summed E-state index contributed by atoms with van der Waals surface area (Å²) in [4.78, 5) is 43.3. The lowest BCUT2D eigenvalue weighted by atomic mass is 9.97. The second-order valence-electron chi connectivity index (χ2n) is 7.44. The molecular weight excluding hydrogens is 434 g/mol. The lowest BCUT2D eigenvalue weighted by molar-refractivity contribution is -0.384. The molecule has 1 aliphatic heterocycles. The highest BCUT2D eigenvalue weighted by Crippen LogP contribution is 2.41. The lowest BCUT2D eigenvalue weighted by Crippen LogP contribution is -2.30. The molecule has 158 valence electrons. The fourth-order valence-electron chi connectivity index (χ4n) is 3.96. The number of rotatable bonds is 3. The normalized spacial score (nSPS) is 15.2. The van der Waals surface area contributed by atoms with Gasteiger partial charge in [0.15, 0.2) is 5.43 Å². The number of carbonyl (C=O) groups excluding carboxylic acids is 1. The van der Waals surface area contributed by atoms with Crippen LogP contribution in [0.25, 0.3) is 11.0 Å². The third-order valence-corrected chi connectivity index (χ3v) is 5.60. The average Bonchev–Trinajstić information content (AvgIpc) is 3.07. The number of aromatic nitrogens is 1. The number of benzene rings is 2. The Kier molecular flexibility index (Phi) is 4.53. The van der Waals surface area contributed by atoms with Crippen LogP contribution >= 0.6 is 11.6 Å². The maximum absolute atomic E-state index is 13.5. The second-order valence-corrected chi connectivity index (χ2v) is 7.87. The summed E-state index contributed by atoms with van der Waals surface area (Å²) in [5, 5.41) is 12.1. The van der Waals surface area contributed by atoms with Gasteiger partial charge in [-0.3, -0.25) is 24.6 Å². The molecule has 0 fully saturated rings. The van der Waals surface area contributed by atoms with Crippen molar-refractivity contribution in [2.45, 2.75) is 13.0 Å². The van der Waals surface area contributed by atoms with Gasteiger partial charge in [-0.05, 0) is 36.8 Å². The van der Waals surface area contributed by atoms with Crippen LogP contribution in [0, 0.1) is 17.0 Å². The van der Waals surface area contributed by atoms with Crippen LogP contribution in [-0.4, -0.2) is 15.8 Å². The van der Waals surface area contributed by atoms with Crippen LogP contribution in [-0.2, 0) is 0 Å². The predicted octanol–water partition coefficient (Wildman–Crippen LogP) is 4.81. The van der Waals surface area contributed by atoms with E-state index in [0.29, 0.717) is 16.0 Å². The van der Waals surface area contributed by atoms with Crippen LogP contribution in [0.3, 0.4) is 0 Å². The van der Waals surface area contributed by atoms with Gasteiger partial charge in [-0.25, -0.2) is 4.98 Å². The molecule has 0 saturated carbocycles. The third-order valence-electron chi connectivity index (χ3n) is 5.38. The molecule has 32 heavy (non-hydrogen) atoms. The number of nitro benzene ring substituents is 1. The van der Waals surface area contributed by atoms with Crippen molar-refractivity contribution in [3.05, 3.63) is 109 Å². The molecule has 0 radical (unpaired) electrons. The van der Waals surface area contributed by atoms with Crippen LogP contribution in [0.5, 0.6) is 0 Å². The zero-order valence-electron chi connectivity index (χ0n) is 16.6. The largest absolute Gasteiger partial charge is 0.450 e. The van der Waals surface area contributed by atoms with Gasteiger partial charge in [-0.2, -0.15) is 0 Å². The van der Waals surface area contributed by atoms with E-state index in [9.17, 15) is 19.7 Å². The molecule has 2 aromatic carbocycles. The number of non-ortho nitro benzene ring substituents is 1. The smallest absolute Gasteiger partial charge is 0.296 e. The summed E-state index contributed by atoms with van der Waals surface area (Å²) < 4.78 is 5.88. The highest BCUT2D eigenvalue weighted by molar-refractivity contribution is 6.30. The summed E-state index contributed by atoms with van der Waals surface area (Å²) in [5.74, 6) is -0.438. The zero-order chi connectivity index (χ0) is 22.6. The molecule has 5 rings (SSSR count). The van der Waals surface area contributed by atoms with Gasteiger partial charge in [0.25, 0.3) is 11.6 Å². The molecule has 4 aromatic rings. The summed E-state index contributed by atoms with van der Waals surface area (Å²) in [5.41, 5.74) is 1.13. The molecule has 0 bridgehead atoms. The fourth-order valence-corrected chi connectivity index (χ4v) is 4.07. The van der Waals surface area contributed by atoms with Gasteiger partial charge in [0.05, 0.1) is 26.9 Å². The van der Waals surface area contributed by atoms with Gasteiger partial charge in [-0.1, -0.05) is 35.4 Å². The van der Waals surface area contributed by atoms with Crippen LogP contribution in [0.2, 0.25) is 5.02 Å². The van der Waals surface area contributed by atoms with Gasteiger partial charge < -0.3 is 4.42 Å². The van der Waals surface area contributed by atoms with E-state index in [-0.39, 0.29) is 33.8 Å². The van der Waals surface area contributed by atoms with Crippen molar-refractivity contribution in [1.29, 1.82) is 0 Å². The van der Waals surface area contributed by atoms with Crippen molar-refractivity contribution in [2.75, 3.05) is 4.90 Å². The Morgan fingerprint density at radius 3 is 2.66 bits per heavy atom. The molecule has 1 aliphatic rings. The average molecular weight is 448 g/mol. The molecule has 1 amide bonds. The Morgan fingerprint density at radius 1 is 1.12 bits per heavy atom. The number of pyridine rings is 1. The van der Waals surface area contributed by atoms with Gasteiger partial charge in [0.1, 0.15) is 11.4 Å². The number of hydrogen-bond acceptors (Lipinski definition) is 6. The first-order valence-electron chi connectivity index (χ1n) is 9.62. The van der Waals surface area contributed by atoms with Gasteiger partial charge in [0.2, 0.25) is 5.76 Å². The molecule has 9 heteroatoms. The highest BCUT2D eigenvalue weighted by atomic mass is 35.5. The van der Waals surface area contributed by atoms with Crippen molar-refractivity contribution in [2.24, 2.45) is 0 Å². The summed E-state index contributed by atoms with van der Waals surface area (Å²) >= 11 is 5.95. The summed E-state index contributed by atoms with van der Waals surface area (Å²) in [7, 11) is 0. The van der Waals surface area contributed by atoms with Gasteiger partial charge >= 0.3 is 0 Å². The van der Waals surface area contributed by atoms with E-state index in [4.69, 9.17) is 16.0 Å². The van der Waals surface area contributed by atoms with E-state index in [1.54, 1.807) is 36.4 Å². The fraction of sp³-hybridized carbons (Fsp3) is 0.0870. The molecule has 0 saturated heterocycles. The Balaban J connectivity index is 1.82. The van der Waals surface area contributed by atoms with Gasteiger partial charge in [0, 0.05) is 18.3 Å². The Bertz CT molecular complexity index is 1480. The number of carbonyl (C=O) groups is 1. The maximum atomic E-state index is 13.5. The Labute approximate surface area is 185 Å². The number of amides is 1. The van der Waals surface area contributed by atoms with Crippen LogP contribution in [0.1, 0.15) is 33.3 Å². The van der Waals surface area contributed by atoms with E-state index in [1.807, 2.05) is 6.92 Å². The Hall–Kier alpha value is -4.04. The zero-order valence-corrected chi connectivity index (χ0v) is 17.4. The highest BCUT2D eigenvalue weighted by Gasteiger charge is 2.44. The van der Waals surface area contributed by atoms with E-state index >= 15 is 0 Å². The van der Waals surface area contributed by atoms with Crippen LogP contribution in [0.4, 0.5) is 11.5 Å². The minimum Gasteiger partial charge on any atom is -0.450 e. The van der Waals surface area contributed by atoms with Crippen molar-refractivity contribution in [3.63, 3.8) is 0 Å². The van der Waals surface area contributed by atoms with Crippen molar-refractivity contribution < 1.29 is 14.1 Å². The van der Waals surface area contributed by atoms with Crippen LogP contribution < -0.4 is 10.3 Å². The molecule has 0 N–H and O–H groups in total. The number of nitro groups is 1. The molecule has 1 unspecified atom stereocenters. The van der Waals surface area contributed by atoms with Crippen molar-refractivity contribution in [1.82, 2.24) is 4.98 Å². The topological polar surface area (TPSA) is 107 Å². The molecule has 0 aliphatic carbocycles. The minimum absolute atomic E-state index is 0.111. The van der Waals surface area contributed by atoms with E-state index in [0.717, 1.165) is 5.56 Å². The first-order chi connectivity index (χ1) is 15.3. The van der Waals surface area contributed by atoms with Crippen molar-refractivity contribution in [3.8, 4) is 0 Å². The number of fused-ring (bicyclic) bond motifs is 2. The molecule has 2 aromatic heterocycles. The molecule has 1 atom stereocenters. The van der Waals surface area contributed by atoms with Crippen LogP contribution in [0.15, 0.2) is 70.0 Å². The second kappa shape index (κ2) is 7.28. The first-order valence-corrected chi connectivity index (χ1v) is 10.00.